The maximum atomic E-state index is 12.5. The Hall–Kier alpha value is -2.23. The zero-order chi connectivity index (χ0) is 20.6. The van der Waals surface area contributed by atoms with Crippen molar-refractivity contribution in [1.29, 1.82) is 0 Å². The molecule has 0 saturated heterocycles. The fourth-order valence-corrected chi connectivity index (χ4v) is 4.88. The molecule has 0 aliphatic heterocycles. The molecular formula is C20H18BrN3O3S2. The molecule has 0 spiro atoms. The van der Waals surface area contributed by atoms with E-state index in [1.54, 1.807) is 24.3 Å². The summed E-state index contributed by atoms with van der Waals surface area (Å²) in [4.78, 5) is 17.0. The number of amides is 1. The fraction of sp³-hybridized carbons (Fsp3) is 0.200. The zero-order valence-corrected chi connectivity index (χ0v) is 18.6. The summed E-state index contributed by atoms with van der Waals surface area (Å²) in [6, 6.07) is 15.0. The van der Waals surface area contributed by atoms with E-state index in [0.29, 0.717) is 10.8 Å². The molecule has 2 aromatic carbocycles. The van der Waals surface area contributed by atoms with Gasteiger partial charge in [-0.25, -0.2) is 13.4 Å². The van der Waals surface area contributed by atoms with Gasteiger partial charge in [0.2, 0.25) is 15.9 Å². The number of carbonyl (C=O) groups is 1. The lowest BCUT2D eigenvalue weighted by molar-refractivity contribution is -0.117. The van der Waals surface area contributed by atoms with Gasteiger partial charge >= 0.3 is 0 Å². The van der Waals surface area contributed by atoms with E-state index >= 15 is 0 Å². The van der Waals surface area contributed by atoms with Crippen molar-refractivity contribution in [2.24, 2.45) is 5.92 Å². The van der Waals surface area contributed by atoms with E-state index in [4.69, 9.17) is 0 Å². The van der Waals surface area contributed by atoms with E-state index < -0.39 is 10.0 Å². The summed E-state index contributed by atoms with van der Waals surface area (Å²) >= 11 is 4.84. The third-order valence-electron chi connectivity index (χ3n) is 4.62. The third kappa shape index (κ3) is 5.04. The fourth-order valence-electron chi connectivity index (χ4n) is 3.18. The number of benzene rings is 2. The molecule has 6 nitrogen and oxygen atoms in total. The van der Waals surface area contributed by atoms with Crippen LogP contribution in [0.4, 0.5) is 10.8 Å². The molecule has 9 heteroatoms. The van der Waals surface area contributed by atoms with E-state index in [2.05, 4.69) is 37.0 Å². The van der Waals surface area contributed by atoms with Crippen LogP contribution in [-0.2, 0) is 14.8 Å². The molecule has 1 heterocycles. The summed E-state index contributed by atoms with van der Waals surface area (Å²) in [6.45, 7) is 0. The molecule has 150 valence electrons. The predicted molar refractivity (Wildman–Crippen MR) is 120 cm³/mol. The molecule has 1 saturated carbocycles. The monoisotopic (exact) mass is 491 g/mol. The topological polar surface area (TPSA) is 88.2 Å². The number of anilines is 2. The molecule has 1 aromatic heterocycles. The quantitative estimate of drug-likeness (QED) is 0.523. The molecule has 29 heavy (non-hydrogen) atoms. The third-order valence-corrected chi connectivity index (χ3v) is 6.48. The van der Waals surface area contributed by atoms with Gasteiger partial charge in [-0.1, -0.05) is 40.2 Å². The highest BCUT2D eigenvalue weighted by molar-refractivity contribution is 9.10. The molecule has 1 fully saturated rings. The summed E-state index contributed by atoms with van der Waals surface area (Å²) in [5.74, 6) is 0.211. The van der Waals surface area contributed by atoms with Crippen molar-refractivity contribution in [2.45, 2.75) is 12.3 Å². The van der Waals surface area contributed by atoms with Gasteiger partial charge in [-0.2, -0.15) is 0 Å². The molecule has 2 unspecified atom stereocenters. The van der Waals surface area contributed by atoms with Gasteiger partial charge in [0.05, 0.1) is 11.9 Å². The lowest BCUT2D eigenvalue weighted by Gasteiger charge is -2.04. The first-order valence-corrected chi connectivity index (χ1v) is 12.4. The molecule has 1 aliphatic rings. The van der Waals surface area contributed by atoms with Gasteiger partial charge in [0.25, 0.3) is 0 Å². The number of halogens is 1. The van der Waals surface area contributed by atoms with Gasteiger partial charge < -0.3 is 5.32 Å². The minimum atomic E-state index is -3.31. The van der Waals surface area contributed by atoms with Gasteiger partial charge in [-0.05, 0) is 42.2 Å². The van der Waals surface area contributed by atoms with E-state index in [1.165, 1.54) is 16.9 Å². The number of thiazole rings is 1. The Balaban J connectivity index is 1.39. The van der Waals surface area contributed by atoms with Crippen LogP contribution >= 0.6 is 27.3 Å². The lowest BCUT2D eigenvalue weighted by atomic mass is 10.1. The lowest BCUT2D eigenvalue weighted by Crippen LogP contribution is -2.14. The van der Waals surface area contributed by atoms with Crippen LogP contribution < -0.4 is 10.0 Å². The van der Waals surface area contributed by atoms with Crippen LogP contribution in [0.3, 0.4) is 0 Å². The van der Waals surface area contributed by atoms with Crippen molar-refractivity contribution in [2.75, 3.05) is 16.3 Å². The molecular weight excluding hydrogens is 474 g/mol. The predicted octanol–water partition coefficient (Wildman–Crippen LogP) is 4.69. The summed E-state index contributed by atoms with van der Waals surface area (Å²) in [5, 5.41) is 5.34. The van der Waals surface area contributed by atoms with Gasteiger partial charge in [0.15, 0.2) is 5.13 Å². The van der Waals surface area contributed by atoms with Gasteiger partial charge in [-0.3, -0.25) is 9.52 Å². The van der Waals surface area contributed by atoms with Crippen LogP contribution in [0.2, 0.25) is 0 Å². The van der Waals surface area contributed by atoms with Crippen molar-refractivity contribution < 1.29 is 13.2 Å². The Bertz CT molecular complexity index is 1160. The van der Waals surface area contributed by atoms with Crippen LogP contribution in [-0.4, -0.2) is 25.6 Å². The molecule has 1 amide bonds. The van der Waals surface area contributed by atoms with Crippen LogP contribution in [0.25, 0.3) is 11.3 Å². The van der Waals surface area contributed by atoms with Crippen molar-refractivity contribution in [3.63, 3.8) is 0 Å². The van der Waals surface area contributed by atoms with Crippen molar-refractivity contribution in [3.8, 4) is 11.3 Å². The number of rotatable bonds is 6. The van der Waals surface area contributed by atoms with E-state index in [0.717, 1.165) is 28.4 Å². The van der Waals surface area contributed by atoms with Gasteiger partial charge in [0, 0.05) is 27.0 Å². The second kappa shape index (κ2) is 7.89. The first kappa shape index (κ1) is 20.1. The summed E-state index contributed by atoms with van der Waals surface area (Å²) in [5.41, 5.74) is 3.24. The highest BCUT2D eigenvalue weighted by Gasteiger charge is 2.44. The number of sulfonamides is 1. The Morgan fingerprint density at radius 3 is 2.66 bits per heavy atom. The van der Waals surface area contributed by atoms with Crippen molar-refractivity contribution in [3.05, 3.63) is 63.9 Å². The normalized spacial score (nSPS) is 18.3. The van der Waals surface area contributed by atoms with E-state index in [1.807, 2.05) is 23.6 Å². The molecule has 1 aliphatic carbocycles. The first-order chi connectivity index (χ1) is 13.8. The zero-order valence-electron chi connectivity index (χ0n) is 15.4. The number of nitrogens with one attached hydrogen (secondary N) is 2. The van der Waals surface area contributed by atoms with Crippen LogP contribution in [0.15, 0.2) is 58.4 Å². The Morgan fingerprint density at radius 2 is 1.97 bits per heavy atom. The average Bonchev–Trinajstić information content (AvgIpc) is 3.34. The van der Waals surface area contributed by atoms with E-state index in [-0.39, 0.29) is 17.7 Å². The van der Waals surface area contributed by atoms with Crippen molar-refractivity contribution >= 4 is 54.0 Å². The number of aromatic nitrogens is 1. The molecule has 3 aromatic rings. The average molecular weight is 492 g/mol. The molecule has 2 atom stereocenters. The minimum Gasteiger partial charge on any atom is -0.302 e. The smallest absolute Gasteiger partial charge is 0.229 e. The van der Waals surface area contributed by atoms with E-state index in [9.17, 15) is 13.2 Å². The maximum absolute atomic E-state index is 12.5. The number of carbonyl (C=O) groups excluding carboxylic acids is 1. The maximum Gasteiger partial charge on any atom is 0.229 e. The van der Waals surface area contributed by atoms with Gasteiger partial charge in [-0.15, -0.1) is 11.3 Å². The minimum absolute atomic E-state index is 0.0106. The highest BCUT2D eigenvalue weighted by atomic mass is 79.9. The first-order valence-electron chi connectivity index (χ1n) is 8.88. The summed E-state index contributed by atoms with van der Waals surface area (Å²) in [6.07, 6.45) is 1.95. The Morgan fingerprint density at radius 1 is 1.21 bits per heavy atom. The Labute approximate surface area is 181 Å². The Kier molecular flexibility index (Phi) is 5.46. The highest BCUT2D eigenvalue weighted by Crippen LogP contribution is 2.48. The largest absolute Gasteiger partial charge is 0.302 e. The summed E-state index contributed by atoms with van der Waals surface area (Å²) in [7, 11) is -3.31. The number of nitrogens with zero attached hydrogens (tertiary/aromatic N) is 1. The molecule has 0 bridgehead atoms. The van der Waals surface area contributed by atoms with Crippen LogP contribution in [0.5, 0.6) is 0 Å². The van der Waals surface area contributed by atoms with Crippen LogP contribution in [0.1, 0.15) is 17.9 Å². The molecule has 0 radical (unpaired) electrons. The number of hydrogen-bond acceptors (Lipinski definition) is 5. The van der Waals surface area contributed by atoms with Crippen LogP contribution in [0, 0.1) is 5.92 Å². The standard InChI is InChI=1S/C20H18BrN3O3S2/c1-29(26,27)24-15-7-5-12(6-8-15)18-11-28-20(22-18)23-19(25)17-10-16(17)13-3-2-4-14(21)9-13/h2-9,11,16-17,24H,10H2,1H3,(H,22,23,25). The second-order valence-electron chi connectivity index (χ2n) is 6.98. The second-order valence-corrected chi connectivity index (χ2v) is 10.5. The van der Waals surface area contributed by atoms with Gasteiger partial charge in [0.1, 0.15) is 0 Å². The molecule has 2 N–H and O–H groups in total. The molecule has 4 rings (SSSR count). The number of hydrogen-bond donors (Lipinski definition) is 2. The summed E-state index contributed by atoms with van der Waals surface area (Å²) < 4.78 is 26.0. The van der Waals surface area contributed by atoms with Crippen molar-refractivity contribution in [1.82, 2.24) is 4.98 Å². The SMILES string of the molecule is CS(=O)(=O)Nc1ccc(-c2csc(NC(=O)C3CC3c3cccc(Br)c3)n2)cc1.